The van der Waals surface area contributed by atoms with Crippen LogP contribution in [0.1, 0.15) is 11.1 Å². The van der Waals surface area contributed by atoms with E-state index in [9.17, 15) is 19.3 Å². The van der Waals surface area contributed by atoms with E-state index in [1.165, 1.54) is 6.92 Å². The molecule has 0 unspecified atom stereocenters. The van der Waals surface area contributed by atoms with Crippen LogP contribution in [0.4, 0.5) is 10.1 Å². The van der Waals surface area contributed by atoms with E-state index in [4.69, 9.17) is 5.11 Å². The predicted molar refractivity (Wildman–Crippen MR) is 54.5 cm³/mol. The molecule has 0 bridgehead atoms. The lowest BCUT2D eigenvalue weighted by molar-refractivity contribution is -0.385. The van der Waals surface area contributed by atoms with Crippen molar-refractivity contribution in [2.24, 2.45) is 0 Å². The Morgan fingerprint density at radius 1 is 1.56 bits per heavy atom. The quantitative estimate of drug-likeness (QED) is 0.485. The second kappa shape index (κ2) is 4.52. The van der Waals surface area contributed by atoms with Crippen LogP contribution < -0.4 is 0 Å². The number of carboxylic acids is 1. The van der Waals surface area contributed by atoms with Crippen LogP contribution in [0.25, 0.3) is 6.08 Å². The molecular formula is C10H8FNO4. The molecule has 0 fully saturated rings. The van der Waals surface area contributed by atoms with Crippen molar-refractivity contribution in [1.82, 2.24) is 0 Å². The summed E-state index contributed by atoms with van der Waals surface area (Å²) in [7, 11) is 0. The van der Waals surface area contributed by atoms with Gasteiger partial charge in [0.2, 0.25) is 0 Å². The summed E-state index contributed by atoms with van der Waals surface area (Å²) in [6.07, 6.45) is 1.73. The molecule has 16 heavy (non-hydrogen) atoms. The van der Waals surface area contributed by atoms with Gasteiger partial charge in [-0.2, -0.15) is 0 Å². The Hall–Kier alpha value is -2.24. The Morgan fingerprint density at radius 3 is 2.69 bits per heavy atom. The predicted octanol–water partition coefficient (Wildman–Crippen LogP) is 2.14. The van der Waals surface area contributed by atoms with Gasteiger partial charge in [-0.25, -0.2) is 9.18 Å². The topological polar surface area (TPSA) is 80.4 Å². The Labute approximate surface area is 90.0 Å². The summed E-state index contributed by atoms with van der Waals surface area (Å²) in [5.41, 5.74) is -0.231. The maximum atomic E-state index is 13.3. The summed E-state index contributed by atoms with van der Waals surface area (Å²) in [5.74, 6) is -1.94. The van der Waals surface area contributed by atoms with Crippen LogP contribution in [-0.4, -0.2) is 16.0 Å². The van der Waals surface area contributed by atoms with E-state index in [0.29, 0.717) is 0 Å². The van der Waals surface area contributed by atoms with Crippen LogP contribution in [0.2, 0.25) is 0 Å². The first-order valence-electron chi connectivity index (χ1n) is 4.28. The van der Waals surface area contributed by atoms with E-state index < -0.39 is 16.7 Å². The number of hydrogen-bond donors (Lipinski definition) is 1. The van der Waals surface area contributed by atoms with Crippen LogP contribution >= 0.6 is 0 Å². The first kappa shape index (κ1) is 11.8. The largest absolute Gasteiger partial charge is 0.478 e. The van der Waals surface area contributed by atoms with Gasteiger partial charge in [0.25, 0.3) is 5.69 Å². The average molecular weight is 225 g/mol. The molecule has 0 saturated carbocycles. The summed E-state index contributed by atoms with van der Waals surface area (Å²) < 4.78 is 13.3. The van der Waals surface area contributed by atoms with Gasteiger partial charge in [0, 0.05) is 23.3 Å². The molecule has 0 aromatic heterocycles. The molecular weight excluding hydrogens is 217 g/mol. The zero-order chi connectivity index (χ0) is 12.3. The number of rotatable bonds is 3. The Balaban J connectivity index is 3.32. The van der Waals surface area contributed by atoms with Crippen LogP contribution in [0.15, 0.2) is 18.2 Å². The molecule has 1 N–H and O–H groups in total. The molecule has 0 saturated heterocycles. The number of aliphatic carboxylic acids is 1. The normalized spacial score (nSPS) is 10.6. The lowest BCUT2D eigenvalue weighted by Gasteiger charge is -2.02. The van der Waals surface area contributed by atoms with E-state index in [2.05, 4.69) is 0 Å². The average Bonchev–Trinajstić information content (AvgIpc) is 2.16. The molecule has 6 heteroatoms. The van der Waals surface area contributed by atoms with Crippen molar-refractivity contribution in [1.29, 1.82) is 0 Å². The molecule has 0 atom stereocenters. The SMILES string of the molecule is Cc1c([N+](=O)[O-])ccc(F)c1/C=C/C(=O)O. The second-order valence-electron chi connectivity index (χ2n) is 3.03. The van der Waals surface area contributed by atoms with Crippen molar-refractivity contribution in [2.75, 3.05) is 0 Å². The third-order valence-corrected chi connectivity index (χ3v) is 2.02. The van der Waals surface area contributed by atoms with Gasteiger partial charge >= 0.3 is 5.97 Å². The van der Waals surface area contributed by atoms with Crippen LogP contribution in [0.3, 0.4) is 0 Å². The van der Waals surface area contributed by atoms with E-state index in [1.807, 2.05) is 0 Å². The maximum Gasteiger partial charge on any atom is 0.328 e. The third kappa shape index (κ3) is 2.41. The molecule has 0 aliphatic heterocycles. The highest BCUT2D eigenvalue weighted by Gasteiger charge is 2.15. The van der Waals surface area contributed by atoms with Gasteiger partial charge in [0.05, 0.1) is 4.92 Å². The number of nitro groups is 1. The molecule has 0 spiro atoms. The lowest BCUT2D eigenvalue weighted by Crippen LogP contribution is -1.97. The van der Waals surface area contributed by atoms with Gasteiger partial charge in [0.15, 0.2) is 0 Å². The molecule has 1 aromatic rings. The Morgan fingerprint density at radius 2 is 2.19 bits per heavy atom. The van der Waals surface area contributed by atoms with Gasteiger partial charge in [-0.15, -0.1) is 0 Å². The number of carbonyl (C=O) groups is 1. The molecule has 0 aliphatic carbocycles. The molecule has 1 aromatic carbocycles. The zero-order valence-electron chi connectivity index (χ0n) is 8.31. The third-order valence-electron chi connectivity index (χ3n) is 2.02. The fourth-order valence-electron chi connectivity index (χ4n) is 1.24. The first-order chi connectivity index (χ1) is 7.43. The number of nitro benzene ring substituents is 1. The molecule has 0 aliphatic rings. The number of carboxylic acid groups (broad SMARTS) is 1. The van der Waals surface area contributed by atoms with Crippen molar-refractivity contribution < 1.29 is 19.2 Å². The molecule has 84 valence electrons. The standard InChI is InChI=1S/C10H8FNO4/c1-6-7(2-5-10(13)14)8(11)3-4-9(6)12(15)16/h2-5H,1H3,(H,13,14)/b5-2+. The minimum atomic E-state index is -1.25. The fourth-order valence-corrected chi connectivity index (χ4v) is 1.24. The van der Waals surface area contributed by atoms with Gasteiger partial charge in [-0.05, 0) is 19.1 Å². The number of halogens is 1. The number of benzene rings is 1. The molecule has 1 rings (SSSR count). The summed E-state index contributed by atoms with van der Waals surface area (Å²) in [5, 5.41) is 19.0. The van der Waals surface area contributed by atoms with Crippen LogP contribution in [0.5, 0.6) is 0 Å². The van der Waals surface area contributed by atoms with E-state index in [1.54, 1.807) is 0 Å². The van der Waals surface area contributed by atoms with Gasteiger partial charge in [-0.3, -0.25) is 10.1 Å². The summed E-state index contributed by atoms with van der Waals surface area (Å²) >= 11 is 0. The zero-order valence-corrected chi connectivity index (χ0v) is 8.31. The highest BCUT2D eigenvalue weighted by Crippen LogP contribution is 2.24. The van der Waals surface area contributed by atoms with Crippen molar-refractivity contribution in [3.63, 3.8) is 0 Å². The van der Waals surface area contributed by atoms with Crippen molar-refractivity contribution in [3.8, 4) is 0 Å². The lowest BCUT2D eigenvalue weighted by atomic mass is 10.1. The minimum absolute atomic E-state index is 0.0865. The highest BCUT2D eigenvalue weighted by atomic mass is 19.1. The Kier molecular flexibility index (Phi) is 3.34. The smallest absolute Gasteiger partial charge is 0.328 e. The summed E-state index contributed by atoms with van der Waals surface area (Å²) in [6.45, 7) is 1.36. The highest BCUT2D eigenvalue weighted by molar-refractivity contribution is 5.85. The van der Waals surface area contributed by atoms with E-state index >= 15 is 0 Å². The summed E-state index contributed by atoms with van der Waals surface area (Å²) in [6, 6.07) is 1.98. The molecule has 5 nitrogen and oxygen atoms in total. The molecule has 0 amide bonds. The number of hydrogen-bond acceptors (Lipinski definition) is 3. The molecule has 0 heterocycles. The van der Waals surface area contributed by atoms with Crippen LogP contribution in [-0.2, 0) is 4.79 Å². The van der Waals surface area contributed by atoms with E-state index in [-0.39, 0.29) is 16.8 Å². The Bertz CT molecular complexity index is 482. The van der Waals surface area contributed by atoms with Crippen LogP contribution in [0, 0.1) is 22.9 Å². The van der Waals surface area contributed by atoms with E-state index in [0.717, 1.165) is 24.3 Å². The fraction of sp³-hybridized carbons (Fsp3) is 0.100. The van der Waals surface area contributed by atoms with Crippen molar-refractivity contribution in [3.05, 3.63) is 45.3 Å². The minimum Gasteiger partial charge on any atom is -0.478 e. The molecule has 0 radical (unpaired) electrons. The number of nitrogens with zero attached hydrogens (tertiary/aromatic N) is 1. The monoisotopic (exact) mass is 225 g/mol. The maximum absolute atomic E-state index is 13.3. The van der Waals surface area contributed by atoms with Crippen molar-refractivity contribution in [2.45, 2.75) is 6.92 Å². The van der Waals surface area contributed by atoms with Crippen molar-refractivity contribution >= 4 is 17.7 Å². The summed E-state index contributed by atoms with van der Waals surface area (Å²) in [4.78, 5) is 20.2. The van der Waals surface area contributed by atoms with Gasteiger partial charge in [0.1, 0.15) is 5.82 Å². The van der Waals surface area contributed by atoms with Gasteiger partial charge < -0.3 is 5.11 Å². The second-order valence-corrected chi connectivity index (χ2v) is 3.03. The first-order valence-corrected chi connectivity index (χ1v) is 4.28. The van der Waals surface area contributed by atoms with Gasteiger partial charge in [-0.1, -0.05) is 0 Å².